The molecule has 0 N–H and O–H groups in total. The number of carbonyl (C=O) groups excluding carboxylic acids is 1. The second-order valence-corrected chi connectivity index (χ2v) is 6.74. The number of aromatic nitrogens is 1. The minimum Gasteiger partial charge on any atom is -0.543 e. The van der Waals surface area contributed by atoms with Crippen LogP contribution in [0.2, 0.25) is 0 Å². The van der Waals surface area contributed by atoms with Gasteiger partial charge in [-0.15, -0.1) is 0 Å². The van der Waals surface area contributed by atoms with Gasteiger partial charge in [-0.05, 0) is 61.3 Å². The van der Waals surface area contributed by atoms with Crippen molar-refractivity contribution in [2.24, 2.45) is 5.92 Å². The van der Waals surface area contributed by atoms with Crippen molar-refractivity contribution < 1.29 is 28.8 Å². The van der Waals surface area contributed by atoms with E-state index in [0.29, 0.717) is 5.92 Å². The second-order valence-electron chi connectivity index (χ2n) is 6.74. The number of aromatic carboxylic acids is 1. The van der Waals surface area contributed by atoms with Crippen LogP contribution in [0, 0.1) is 5.92 Å². The molecule has 114 valence electrons. The Morgan fingerprint density at radius 3 is 2.86 bits per heavy atom. The normalized spacial score (nSPS) is 24.6. The van der Waals surface area contributed by atoms with Gasteiger partial charge < -0.3 is 9.90 Å². The minimum absolute atomic E-state index is 0. The van der Waals surface area contributed by atoms with E-state index in [4.69, 9.17) is 0 Å². The van der Waals surface area contributed by atoms with Gasteiger partial charge in [0, 0.05) is 18.8 Å². The summed E-state index contributed by atoms with van der Waals surface area (Å²) in [6.07, 6.45) is 4.63. The average molecular weight is 294 g/mol. The zero-order valence-electron chi connectivity index (χ0n) is 13.9. The number of carbonyl (C=O) groups is 1. The number of nitrogens with zero attached hydrogens (tertiary/aromatic N) is 2. The molecule has 0 aromatic carbocycles. The van der Waals surface area contributed by atoms with E-state index >= 15 is 0 Å². The first-order valence-corrected chi connectivity index (χ1v) is 8.01. The van der Waals surface area contributed by atoms with Crippen LogP contribution in [0.4, 0.5) is 0 Å². The molecule has 2 heterocycles. The van der Waals surface area contributed by atoms with E-state index in [9.17, 15) is 9.90 Å². The molecule has 1 fully saturated rings. The van der Waals surface area contributed by atoms with Crippen molar-refractivity contribution in [3.05, 3.63) is 28.6 Å². The zero-order valence-corrected chi connectivity index (χ0v) is 13.9. The molecule has 1 unspecified atom stereocenters. The molecular formula is C17H23LiN2O2. The van der Waals surface area contributed by atoms with Gasteiger partial charge in [0.05, 0.1) is 11.7 Å². The van der Waals surface area contributed by atoms with E-state index in [2.05, 4.69) is 23.7 Å². The van der Waals surface area contributed by atoms with Crippen LogP contribution in [-0.2, 0) is 13.0 Å². The summed E-state index contributed by atoms with van der Waals surface area (Å²) < 4.78 is 0. The average Bonchev–Trinajstić information content (AvgIpc) is 2.81. The number of hydrogen-bond acceptors (Lipinski definition) is 4. The Bertz CT molecular complexity index is 562. The van der Waals surface area contributed by atoms with Crippen molar-refractivity contribution in [2.75, 3.05) is 13.1 Å². The summed E-state index contributed by atoms with van der Waals surface area (Å²) in [5.74, 6) is -0.0725. The standard InChI is InChI=1S/C17H24N2O2.Li/c1-11-4-3-7-19(9-11)10-13-8-15(17(20)21)18-16-12(2)5-6-14(13)16;/h8,11-12H,3-7,9-10H2,1-2H3,(H,20,21);/q;+1/p-1/t11-,12?;/m0./s1. The van der Waals surface area contributed by atoms with Gasteiger partial charge in [-0.3, -0.25) is 9.88 Å². The molecule has 1 aliphatic heterocycles. The summed E-state index contributed by atoms with van der Waals surface area (Å²) in [6, 6.07) is 1.74. The van der Waals surface area contributed by atoms with Crippen molar-refractivity contribution >= 4 is 5.97 Å². The number of fused-ring (bicyclic) bond motifs is 1. The van der Waals surface area contributed by atoms with Crippen LogP contribution in [0.15, 0.2) is 6.07 Å². The summed E-state index contributed by atoms with van der Waals surface area (Å²) in [5.41, 5.74) is 3.52. The largest absolute Gasteiger partial charge is 1.00 e. The topological polar surface area (TPSA) is 56.3 Å². The summed E-state index contributed by atoms with van der Waals surface area (Å²) in [7, 11) is 0. The van der Waals surface area contributed by atoms with E-state index in [0.717, 1.165) is 49.7 Å². The Kier molecular flexibility index (Phi) is 5.71. The minimum atomic E-state index is -1.16. The molecule has 2 atom stereocenters. The van der Waals surface area contributed by atoms with E-state index in [1.54, 1.807) is 6.07 Å². The van der Waals surface area contributed by atoms with Gasteiger partial charge in [-0.2, -0.15) is 0 Å². The van der Waals surface area contributed by atoms with E-state index in [1.807, 2.05) is 0 Å². The molecular weight excluding hydrogens is 271 g/mol. The molecule has 0 radical (unpaired) electrons. The Hall–Kier alpha value is -0.823. The number of hydrogen-bond donors (Lipinski definition) is 0. The van der Waals surface area contributed by atoms with Gasteiger partial charge in [0.15, 0.2) is 0 Å². The van der Waals surface area contributed by atoms with Crippen LogP contribution < -0.4 is 24.0 Å². The third kappa shape index (κ3) is 3.56. The molecule has 1 aliphatic carbocycles. The number of carboxylic acids is 1. The first-order chi connectivity index (χ1) is 10.0. The maximum Gasteiger partial charge on any atom is 1.00 e. The Morgan fingerprint density at radius 1 is 1.41 bits per heavy atom. The summed E-state index contributed by atoms with van der Waals surface area (Å²) in [5, 5.41) is 11.2. The Labute approximate surface area is 144 Å². The molecule has 5 heteroatoms. The molecule has 3 rings (SSSR count). The van der Waals surface area contributed by atoms with Gasteiger partial charge in [0.2, 0.25) is 0 Å². The molecule has 1 saturated heterocycles. The molecule has 4 nitrogen and oxygen atoms in total. The molecule has 1 aromatic heterocycles. The van der Waals surface area contributed by atoms with Crippen molar-refractivity contribution in [3.8, 4) is 0 Å². The SMILES string of the molecule is CC1CCc2c(CN3CCC[C@H](C)C3)cc(C(=O)[O-])nc21.[Li+]. The quantitative estimate of drug-likeness (QED) is 0.652. The van der Waals surface area contributed by atoms with Crippen molar-refractivity contribution in [3.63, 3.8) is 0 Å². The molecule has 2 aliphatic rings. The van der Waals surface area contributed by atoms with Crippen LogP contribution in [0.3, 0.4) is 0 Å². The van der Waals surface area contributed by atoms with E-state index < -0.39 is 5.97 Å². The number of likely N-dealkylation sites (tertiary alicyclic amines) is 1. The van der Waals surface area contributed by atoms with E-state index in [-0.39, 0.29) is 24.6 Å². The van der Waals surface area contributed by atoms with Crippen molar-refractivity contribution in [1.82, 2.24) is 9.88 Å². The first-order valence-electron chi connectivity index (χ1n) is 8.01. The molecule has 0 amide bonds. The fourth-order valence-corrected chi connectivity index (χ4v) is 3.76. The third-order valence-corrected chi connectivity index (χ3v) is 4.89. The van der Waals surface area contributed by atoms with Crippen LogP contribution in [0.5, 0.6) is 0 Å². The van der Waals surface area contributed by atoms with E-state index in [1.165, 1.54) is 18.4 Å². The number of pyridine rings is 1. The monoisotopic (exact) mass is 294 g/mol. The van der Waals surface area contributed by atoms with Crippen LogP contribution >= 0.6 is 0 Å². The molecule has 0 spiro atoms. The maximum atomic E-state index is 11.2. The first kappa shape index (κ1) is 17.5. The smallest absolute Gasteiger partial charge is 0.543 e. The van der Waals surface area contributed by atoms with Crippen LogP contribution in [0.25, 0.3) is 0 Å². The molecule has 1 aromatic rings. The van der Waals surface area contributed by atoms with Crippen LogP contribution in [-0.4, -0.2) is 28.9 Å². The Balaban J connectivity index is 0.00000176. The molecule has 22 heavy (non-hydrogen) atoms. The summed E-state index contributed by atoms with van der Waals surface area (Å²) in [4.78, 5) is 18.0. The van der Waals surface area contributed by atoms with Gasteiger partial charge in [0.1, 0.15) is 0 Å². The second kappa shape index (κ2) is 7.17. The van der Waals surface area contributed by atoms with Gasteiger partial charge in [0.25, 0.3) is 0 Å². The van der Waals surface area contributed by atoms with Crippen molar-refractivity contribution in [2.45, 2.75) is 52.0 Å². The van der Waals surface area contributed by atoms with Crippen LogP contribution in [0.1, 0.15) is 66.3 Å². The predicted octanol–water partition coefficient (Wildman–Crippen LogP) is -1.27. The van der Waals surface area contributed by atoms with Gasteiger partial charge in [-0.25, -0.2) is 0 Å². The zero-order chi connectivity index (χ0) is 15.0. The number of rotatable bonds is 3. The number of carboxylic acid groups (broad SMARTS) is 1. The predicted molar refractivity (Wildman–Crippen MR) is 79.0 cm³/mol. The fourth-order valence-electron chi connectivity index (χ4n) is 3.76. The van der Waals surface area contributed by atoms with Gasteiger partial charge >= 0.3 is 18.9 Å². The maximum absolute atomic E-state index is 11.2. The summed E-state index contributed by atoms with van der Waals surface area (Å²) in [6.45, 7) is 7.48. The molecule has 0 bridgehead atoms. The molecule has 0 saturated carbocycles. The van der Waals surface area contributed by atoms with Gasteiger partial charge in [-0.1, -0.05) is 13.8 Å². The fraction of sp³-hybridized carbons (Fsp3) is 0.647. The summed E-state index contributed by atoms with van der Waals surface area (Å²) >= 11 is 0. The third-order valence-electron chi connectivity index (χ3n) is 4.89. The number of piperidine rings is 1. The van der Waals surface area contributed by atoms with Crippen molar-refractivity contribution in [1.29, 1.82) is 0 Å². The Morgan fingerprint density at radius 2 is 2.18 bits per heavy atom.